The molecule has 9 nitrogen and oxygen atoms in total. The van der Waals surface area contributed by atoms with E-state index in [4.69, 9.17) is 4.74 Å². The fourth-order valence-electron chi connectivity index (χ4n) is 3.99. The second kappa shape index (κ2) is 9.15. The summed E-state index contributed by atoms with van der Waals surface area (Å²) in [6, 6.07) is 3.94. The highest BCUT2D eigenvalue weighted by Crippen LogP contribution is 2.23. The van der Waals surface area contributed by atoms with E-state index in [2.05, 4.69) is 20.4 Å². The molecule has 1 aliphatic heterocycles. The van der Waals surface area contributed by atoms with Crippen LogP contribution >= 0.6 is 0 Å². The Morgan fingerprint density at radius 1 is 1.33 bits per heavy atom. The van der Waals surface area contributed by atoms with E-state index in [1.165, 1.54) is 12.8 Å². The zero-order chi connectivity index (χ0) is 20.9. The van der Waals surface area contributed by atoms with Crippen molar-refractivity contribution in [1.82, 2.24) is 25.0 Å². The molecular weight excluding hydrogens is 382 g/mol. The van der Waals surface area contributed by atoms with Crippen LogP contribution in [0.3, 0.4) is 0 Å². The van der Waals surface area contributed by atoms with E-state index in [-0.39, 0.29) is 18.6 Å². The van der Waals surface area contributed by atoms with Crippen molar-refractivity contribution in [2.24, 2.45) is 12.0 Å². The van der Waals surface area contributed by atoms with Gasteiger partial charge in [-0.1, -0.05) is 0 Å². The minimum absolute atomic E-state index is 0.0355. The second-order valence-corrected chi connectivity index (χ2v) is 7.77. The summed E-state index contributed by atoms with van der Waals surface area (Å²) >= 11 is 0. The first kappa shape index (κ1) is 20.2. The van der Waals surface area contributed by atoms with Gasteiger partial charge in [-0.25, -0.2) is 4.98 Å². The van der Waals surface area contributed by atoms with Crippen LogP contribution in [0.15, 0.2) is 35.7 Å². The smallest absolute Gasteiger partial charge is 0.246 e. The maximum Gasteiger partial charge on any atom is 0.246 e. The molecule has 0 bridgehead atoms. The van der Waals surface area contributed by atoms with Crippen molar-refractivity contribution in [2.75, 3.05) is 31.6 Å². The molecule has 1 N–H and O–H groups in total. The van der Waals surface area contributed by atoms with Crippen molar-refractivity contribution in [3.05, 3.63) is 36.3 Å². The lowest BCUT2D eigenvalue weighted by atomic mass is 10.2. The minimum atomic E-state index is 0.0355. The van der Waals surface area contributed by atoms with Crippen molar-refractivity contribution in [1.29, 1.82) is 0 Å². The van der Waals surface area contributed by atoms with Gasteiger partial charge in [0.05, 0.1) is 11.9 Å². The van der Waals surface area contributed by atoms with Gasteiger partial charge >= 0.3 is 0 Å². The van der Waals surface area contributed by atoms with Gasteiger partial charge in [0.15, 0.2) is 5.96 Å². The Bertz CT molecular complexity index is 904. The number of nitrogens with zero attached hydrogens (tertiary/aromatic N) is 6. The predicted octanol–water partition coefficient (Wildman–Crippen LogP) is 1.56. The molecule has 1 aliphatic carbocycles. The lowest BCUT2D eigenvalue weighted by Gasteiger charge is -2.35. The average Bonchev–Trinajstić information content (AvgIpc) is 3.41. The number of ether oxygens (including phenoxy) is 1. The Hall–Kier alpha value is -3.10. The van der Waals surface area contributed by atoms with E-state index < -0.39 is 0 Å². The maximum absolute atomic E-state index is 12.7. The Kier molecular flexibility index (Phi) is 6.15. The van der Waals surface area contributed by atoms with Gasteiger partial charge in [-0.15, -0.1) is 0 Å². The molecule has 1 amide bonds. The summed E-state index contributed by atoms with van der Waals surface area (Å²) in [5, 5.41) is 7.52. The number of guanidine groups is 1. The molecule has 1 saturated carbocycles. The largest absolute Gasteiger partial charge is 0.474 e. The molecule has 0 aromatic carbocycles. The zero-order valence-electron chi connectivity index (χ0n) is 17.6. The van der Waals surface area contributed by atoms with Gasteiger partial charge in [0.25, 0.3) is 0 Å². The van der Waals surface area contributed by atoms with Crippen LogP contribution in [-0.2, 0) is 18.4 Å². The molecular formula is C21H29N7O2. The zero-order valence-corrected chi connectivity index (χ0v) is 17.6. The molecule has 0 spiro atoms. The van der Waals surface area contributed by atoms with E-state index >= 15 is 0 Å². The van der Waals surface area contributed by atoms with Gasteiger partial charge in [0.1, 0.15) is 12.6 Å². The predicted molar refractivity (Wildman–Crippen MR) is 114 cm³/mol. The number of anilines is 1. The van der Waals surface area contributed by atoms with E-state index in [0.29, 0.717) is 31.5 Å². The first-order chi connectivity index (χ1) is 14.6. The van der Waals surface area contributed by atoms with Crippen LogP contribution < -0.4 is 15.0 Å². The highest BCUT2D eigenvalue weighted by Gasteiger charge is 2.27. The summed E-state index contributed by atoms with van der Waals surface area (Å²) in [7, 11) is 3.58. The van der Waals surface area contributed by atoms with Crippen molar-refractivity contribution < 1.29 is 9.53 Å². The fourth-order valence-corrected chi connectivity index (χ4v) is 3.99. The SMILES string of the molecule is CN=C(NCc1ccnc(OC2CCCC2)c1)N1CCN(c2cnn(C)c2)C(=O)C1. The van der Waals surface area contributed by atoms with Crippen molar-refractivity contribution in [3.8, 4) is 5.88 Å². The summed E-state index contributed by atoms with van der Waals surface area (Å²) in [6.45, 7) is 2.17. The summed E-state index contributed by atoms with van der Waals surface area (Å²) in [5.74, 6) is 1.43. The molecule has 0 atom stereocenters. The first-order valence-electron chi connectivity index (χ1n) is 10.5. The quantitative estimate of drug-likeness (QED) is 0.593. The molecule has 2 aliphatic rings. The average molecular weight is 412 g/mol. The number of amides is 1. The number of aliphatic imine (C=N–C) groups is 1. The van der Waals surface area contributed by atoms with Gasteiger partial charge in [0, 0.05) is 52.2 Å². The number of carbonyl (C=O) groups excluding carboxylic acids is 1. The van der Waals surface area contributed by atoms with Crippen molar-refractivity contribution >= 4 is 17.6 Å². The summed E-state index contributed by atoms with van der Waals surface area (Å²) < 4.78 is 7.70. The first-order valence-corrected chi connectivity index (χ1v) is 10.5. The molecule has 160 valence electrons. The number of hydrogen-bond donors (Lipinski definition) is 1. The lowest BCUT2D eigenvalue weighted by molar-refractivity contribution is -0.120. The molecule has 0 unspecified atom stereocenters. The number of nitrogens with one attached hydrogen (secondary N) is 1. The Morgan fingerprint density at radius 2 is 2.17 bits per heavy atom. The molecule has 2 aromatic rings. The number of aromatic nitrogens is 3. The van der Waals surface area contributed by atoms with Crippen LogP contribution in [0, 0.1) is 0 Å². The number of rotatable bonds is 5. The van der Waals surface area contributed by atoms with E-state index in [1.807, 2.05) is 30.3 Å². The van der Waals surface area contributed by atoms with Crippen molar-refractivity contribution in [2.45, 2.75) is 38.3 Å². The minimum Gasteiger partial charge on any atom is -0.474 e. The topological polar surface area (TPSA) is 87.9 Å². The highest BCUT2D eigenvalue weighted by molar-refractivity contribution is 5.98. The van der Waals surface area contributed by atoms with Crippen LogP contribution in [-0.4, -0.2) is 64.3 Å². The molecule has 0 radical (unpaired) electrons. The summed E-state index contributed by atoms with van der Waals surface area (Å²) in [4.78, 5) is 25.1. The molecule has 2 fully saturated rings. The molecule has 2 aromatic heterocycles. The van der Waals surface area contributed by atoms with E-state index in [1.54, 1.807) is 29.0 Å². The fraction of sp³-hybridized carbons (Fsp3) is 0.524. The maximum atomic E-state index is 12.7. The molecule has 9 heteroatoms. The van der Waals surface area contributed by atoms with Crippen LogP contribution in [0.5, 0.6) is 5.88 Å². The number of piperazine rings is 1. The molecule has 30 heavy (non-hydrogen) atoms. The monoisotopic (exact) mass is 411 g/mol. The summed E-state index contributed by atoms with van der Waals surface area (Å²) in [5.41, 5.74) is 1.90. The van der Waals surface area contributed by atoms with Crippen LogP contribution in [0.2, 0.25) is 0 Å². The van der Waals surface area contributed by atoms with Crippen LogP contribution in [0.1, 0.15) is 31.2 Å². The van der Waals surface area contributed by atoms with Crippen LogP contribution in [0.4, 0.5) is 5.69 Å². The van der Waals surface area contributed by atoms with Gasteiger partial charge in [-0.05, 0) is 37.3 Å². The van der Waals surface area contributed by atoms with Crippen LogP contribution in [0.25, 0.3) is 0 Å². The van der Waals surface area contributed by atoms with Crippen molar-refractivity contribution in [3.63, 3.8) is 0 Å². The third-order valence-corrected chi connectivity index (χ3v) is 5.57. The van der Waals surface area contributed by atoms with E-state index in [9.17, 15) is 4.79 Å². The number of pyridine rings is 1. The highest BCUT2D eigenvalue weighted by atomic mass is 16.5. The number of hydrogen-bond acceptors (Lipinski definition) is 5. The Labute approximate surface area is 176 Å². The second-order valence-electron chi connectivity index (χ2n) is 7.77. The lowest BCUT2D eigenvalue weighted by Crippen LogP contribution is -2.55. The standard InChI is InChI=1S/C21H29N7O2/c1-22-21(27-9-10-28(20(29)15-27)17-13-25-26(2)14-17)24-12-16-7-8-23-19(11-16)30-18-5-3-4-6-18/h7-8,11,13-14,18H,3-6,9-10,12,15H2,1-2H3,(H,22,24). The van der Waals surface area contributed by atoms with Gasteiger partial charge in [-0.3, -0.25) is 14.5 Å². The third kappa shape index (κ3) is 4.72. The van der Waals surface area contributed by atoms with E-state index in [0.717, 1.165) is 24.1 Å². The molecule has 3 heterocycles. The Balaban J connectivity index is 1.32. The molecule has 4 rings (SSSR count). The third-order valence-electron chi connectivity index (χ3n) is 5.57. The van der Waals surface area contributed by atoms with Gasteiger partial charge in [-0.2, -0.15) is 5.10 Å². The summed E-state index contributed by atoms with van der Waals surface area (Å²) in [6.07, 6.45) is 10.3. The Morgan fingerprint density at radius 3 is 2.87 bits per heavy atom. The number of carbonyl (C=O) groups is 1. The van der Waals surface area contributed by atoms with Gasteiger partial charge in [0.2, 0.25) is 11.8 Å². The number of aryl methyl sites for hydroxylation is 1. The molecule has 1 saturated heterocycles. The normalized spacial score (nSPS) is 18.2. The van der Waals surface area contributed by atoms with Gasteiger partial charge < -0.3 is 19.9 Å².